The lowest BCUT2D eigenvalue weighted by Crippen LogP contribution is -2.44. The third-order valence-corrected chi connectivity index (χ3v) is 5.48. The molecule has 0 aliphatic carbocycles. The lowest BCUT2D eigenvalue weighted by atomic mass is 10.0. The van der Waals surface area contributed by atoms with Crippen molar-refractivity contribution in [3.63, 3.8) is 0 Å². The molecule has 6 heteroatoms. The Balaban J connectivity index is 1.25. The van der Waals surface area contributed by atoms with Gasteiger partial charge in [-0.05, 0) is 43.4 Å². The lowest BCUT2D eigenvalue weighted by Gasteiger charge is -2.32. The van der Waals surface area contributed by atoms with Gasteiger partial charge < -0.3 is 10.2 Å². The summed E-state index contributed by atoms with van der Waals surface area (Å²) in [6, 6.07) is 14.5. The van der Waals surface area contributed by atoms with E-state index in [1.807, 2.05) is 12.1 Å². The van der Waals surface area contributed by atoms with E-state index in [9.17, 15) is 4.79 Å². The van der Waals surface area contributed by atoms with Crippen molar-refractivity contribution in [1.29, 1.82) is 0 Å². The molecule has 2 saturated heterocycles. The van der Waals surface area contributed by atoms with Crippen molar-refractivity contribution in [3.8, 4) is 0 Å². The van der Waals surface area contributed by atoms with E-state index in [2.05, 4.69) is 49.6 Å². The molecule has 2 aromatic rings. The van der Waals surface area contributed by atoms with Gasteiger partial charge in [-0.2, -0.15) is 0 Å². The number of nitrogens with one attached hydrogen (secondary N) is 1. The Labute approximate surface area is 160 Å². The second kappa shape index (κ2) is 8.48. The van der Waals surface area contributed by atoms with Gasteiger partial charge >= 0.3 is 0 Å². The van der Waals surface area contributed by atoms with E-state index >= 15 is 0 Å². The topological polar surface area (TPSA) is 61.4 Å². The van der Waals surface area contributed by atoms with Crippen LogP contribution in [0.1, 0.15) is 41.7 Å². The highest BCUT2D eigenvalue weighted by Gasteiger charge is 2.22. The number of amides is 1. The summed E-state index contributed by atoms with van der Waals surface area (Å²) in [4.78, 5) is 17.1. The van der Waals surface area contributed by atoms with Crippen molar-refractivity contribution in [2.75, 3.05) is 31.1 Å². The van der Waals surface area contributed by atoms with Crippen molar-refractivity contribution >= 4 is 11.7 Å². The van der Waals surface area contributed by atoms with E-state index in [0.29, 0.717) is 5.69 Å². The lowest BCUT2D eigenvalue weighted by molar-refractivity contribution is 0.0903. The molecule has 1 N–H and O–H groups in total. The molecular formula is C21H27N5O. The van der Waals surface area contributed by atoms with E-state index in [0.717, 1.165) is 51.4 Å². The highest BCUT2D eigenvalue weighted by Crippen LogP contribution is 2.17. The molecule has 4 rings (SSSR count). The maximum Gasteiger partial charge on any atom is 0.272 e. The van der Waals surface area contributed by atoms with Crippen LogP contribution in [0.25, 0.3) is 0 Å². The van der Waals surface area contributed by atoms with Gasteiger partial charge in [0, 0.05) is 38.8 Å². The molecule has 0 bridgehead atoms. The molecule has 2 fully saturated rings. The van der Waals surface area contributed by atoms with Crippen LogP contribution in [-0.4, -0.2) is 53.2 Å². The van der Waals surface area contributed by atoms with Crippen LogP contribution in [0, 0.1) is 0 Å². The first-order valence-electron chi connectivity index (χ1n) is 9.94. The van der Waals surface area contributed by atoms with Crippen molar-refractivity contribution in [3.05, 3.63) is 53.7 Å². The van der Waals surface area contributed by atoms with Crippen molar-refractivity contribution in [1.82, 2.24) is 20.4 Å². The zero-order valence-corrected chi connectivity index (χ0v) is 15.7. The number of carbonyl (C=O) groups is 1. The standard InChI is InChI=1S/C21H27N5O/c27-21(19-8-9-20(24-23-19)26-12-4-5-13-26)22-18-10-14-25(15-11-18)16-17-6-2-1-3-7-17/h1-3,6-9,18H,4-5,10-16H2,(H,22,27). The molecule has 0 spiro atoms. The first kappa shape index (κ1) is 17.9. The summed E-state index contributed by atoms with van der Waals surface area (Å²) in [6.07, 6.45) is 4.34. The largest absolute Gasteiger partial charge is 0.355 e. The minimum atomic E-state index is -0.114. The number of benzene rings is 1. The third kappa shape index (κ3) is 4.63. The molecule has 2 aliphatic rings. The first-order valence-corrected chi connectivity index (χ1v) is 9.94. The molecule has 1 aromatic carbocycles. The average Bonchev–Trinajstić information content (AvgIpc) is 3.25. The average molecular weight is 365 g/mol. The van der Waals surface area contributed by atoms with Gasteiger partial charge in [0.1, 0.15) is 0 Å². The molecule has 0 atom stereocenters. The van der Waals surface area contributed by atoms with Crippen LogP contribution < -0.4 is 10.2 Å². The molecule has 1 aromatic heterocycles. The molecule has 0 saturated carbocycles. The van der Waals surface area contributed by atoms with E-state index in [-0.39, 0.29) is 11.9 Å². The quantitative estimate of drug-likeness (QED) is 0.882. The summed E-state index contributed by atoms with van der Waals surface area (Å²) in [5.74, 6) is 0.759. The fraction of sp³-hybridized carbons (Fsp3) is 0.476. The number of likely N-dealkylation sites (tertiary alicyclic amines) is 1. The molecule has 142 valence electrons. The van der Waals surface area contributed by atoms with Gasteiger partial charge in [0.2, 0.25) is 0 Å². The summed E-state index contributed by atoms with van der Waals surface area (Å²) < 4.78 is 0. The van der Waals surface area contributed by atoms with Crippen molar-refractivity contribution in [2.24, 2.45) is 0 Å². The Morgan fingerprint density at radius 2 is 1.70 bits per heavy atom. The fourth-order valence-corrected chi connectivity index (χ4v) is 3.90. The number of carbonyl (C=O) groups excluding carboxylic acids is 1. The molecule has 2 aliphatic heterocycles. The second-order valence-corrected chi connectivity index (χ2v) is 7.48. The van der Waals surface area contributed by atoms with Crippen molar-refractivity contribution in [2.45, 2.75) is 38.3 Å². The zero-order chi connectivity index (χ0) is 18.5. The van der Waals surface area contributed by atoms with Crippen LogP contribution in [0.4, 0.5) is 5.82 Å². The number of piperidine rings is 1. The summed E-state index contributed by atoms with van der Waals surface area (Å²) in [5.41, 5.74) is 1.75. The first-order chi connectivity index (χ1) is 13.3. The minimum Gasteiger partial charge on any atom is -0.355 e. The second-order valence-electron chi connectivity index (χ2n) is 7.48. The number of hydrogen-bond acceptors (Lipinski definition) is 5. The van der Waals surface area contributed by atoms with E-state index in [4.69, 9.17) is 0 Å². The fourth-order valence-electron chi connectivity index (χ4n) is 3.90. The van der Waals surface area contributed by atoms with Gasteiger partial charge in [0.25, 0.3) is 5.91 Å². The van der Waals surface area contributed by atoms with Crippen LogP contribution >= 0.6 is 0 Å². The number of anilines is 1. The number of rotatable bonds is 5. The van der Waals surface area contributed by atoms with Gasteiger partial charge in [0.05, 0.1) is 0 Å². The van der Waals surface area contributed by atoms with Gasteiger partial charge in [-0.3, -0.25) is 9.69 Å². The molecule has 1 amide bonds. The number of hydrogen-bond donors (Lipinski definition) is 1. The minimum absolute atomic E-state index is 0.114. The highest BCUT2D eigenvalue weighted by molar-refractivity contribution is 5.92. The van der Waals surface area contributed by atoms with Gasteiger partial charge in [-0.15, -0.1) is 10.2 Å². The Hall–Kier alpha value is -2.47. The maximum atomic E-state index is 12.5. The van der Waals surface area contributed by atoms with Gasteiger partial charge in [-0.1, -0.05) is 30.3 Å². The Morgan fingerprint density at radius 1 is 0.963 bits per heavy atom. The molecular weight excluding hydrogens is 338 g/mol. The SMILES string of the molecule is O=C(NC1CCN(Cc2ccccc2)CC1)c1ccc(N2CCCC2)nn1. The predicted molar refractivity (Wildman–Crippen MR) is 106 cm³/mol. The smallest absolute Gasteiger partial charge is 0.272 e. The molecule has 0 radical (unpaired) electrons. The molecule has 27 heavy (non-hydrogen) atoms. The van der Waals surface area contributed by atoms with Gasteiger partial charge in [0.15, 0.2) is 11.5 Å². The summed E-state index contributed by atoms with van der Waals surface area (Å²) >= 11 is 0. The van der Waals surface area contributed by atoms with Crippen LogP contribution in [-0.2, 0) is 6.54 Å². The molecule has 6 nitrogen and oxygen atoms in total. The Bertz CT molecular complexity index is 735. The van der Waals surface area contributed by atoms with Crippen LogP contribution in [0.5, 0.6) is 0 Å². The normalized spacial score (nSPS) is 18.6. The number of aromatic nitrogens is 2. The van der Waals surface area contributed by atoms with E-state index < -0.39 is 0 Å². The van der Waals surface area contributed by atoms with Crippen LogP contribution in [0.2, 0.25) is 0 Å². The van der Waals surface area contributed by atoms with E-state index in [1.165, 1.54) is 18.4 Å². The summed E-state index contributed by atoms with van der Waals surface area (Å²) in [6.45, 7) is 5.04. The zero-order valence-electron chi connectivity index (χ0n) is 15.7. The Morgan fingerprint density at radius 3 is 2.37 bits per heavy atom. The maximum absolute atomic E-state index is 12.5. The van der Waals surface area contributed by atoms with Crippen LogP contribution in [0.3, 0.4) is 0 Å². The van der Waals surface area contributed by atoms with E-state index in [1.54, 1.807) is 6.07 Å². The summed E-state index contributed by atoms with van der Waals surface area (Å²) in [5, 5.41) is 11.5. The van der Waals surface area contributed by atoms with Gasteiger partial charge in [-0.25, -0.2) is 0 Å². The monoisotopic (exact) mass is 365 g/mol. The Kier molecular flexibility index (Phi) is 5.63. The van der Waals surface area contributed by atoms with Crippen LogP contribution in [0.15, 0.2) is 42.5 Å². The highest BCUT2D eigenvalue weighted by atomic mass is 16.2. The number of nitrogens with zero attached hydrogens (tertiary/aromatic N) is 4. The summed E-state index contributed by atoms with van der Waals surface area (Å²) in [7, 11) is 0. The molecule has 3 heterocycles. The predicted octanol–water partition coefficient (Wildman–Crippen LogP) is 2.47. The van der Waals surface area contributed by atoms with Crippen molar-refractivity contribution < 1.29 is 4.79 Å². The molecule has 0 unspecified atom stereocenters. The third-order valence-electron chi connectivity index (χ3n) is 5.48.